The second-order valence-corrected chi connectivity index (χ2v) is 11.5. The number of hydrogen-bond donors (Lipinski definition) is 0. The number of benzene rings is 6. The predicted molar refractivity (Wildman–Crippen MR) is 179 cm³/mol. The molecule has 6 heteroatoms. The van der Waals surface area contributed by atoms with Crippen LogP contribution < -0.4 is 10.9 Å². The van der Waals surface area contributed by atoms with Gasteiger partial charge in [-0.05, 0) is 47.3 Å². The Morgan fingerprint density at radius 3 is 2.27 bits per heavy atom. The van der Waals surface area contributed by atoms with Crippen molar-refractivity contribution in [3.05, 3.63) is 132 Å². The topological polar surface area (TPSA) is 51.1 Å². The standard InChI is InChI=1S/C38H19BN4O/c1-41-23-15-17-25-27-16-14-22(21-40)35-36(27)42(33(25)20-23)32-12-6-4-10-30(32)39(35)43-31-11-5-2-8-24(31)28-18-19-29-26-9-3-7-13-34(26)44-38(29)37(28)43/h2-20H. The monoisotopic (exact) mass is 558 g/mol. The summed E-state index contributed by atoms with van der Waals surface area (Å²) in [5.41, 5.74) is 10.1. The van der Waals surface area contributed by atoms with Crippen LogP contribution in [0.3, 0.4) is 0 Å². The highest BCUT2D eigenvalue weighted by molar-refractivity contribution is 6.89. The number of aromatic nitrogens is 2. The molecular weight excluding hydrogens is 539 g/mol. The summed E-state index contributed by atoms with van der Waals surface area (Å²) in [5, 5.41) is 17.2. The summed E-state index contributed by atoms with van der Waals surface area (Å²) >= 11 is 0. The highest BCUT2D eigenvalue weighted by Crippen LogP contribution is 2.41. The minimum absolute atomic E-state index is 0.303. The first-order valence-corrected chi connectivity index (χ1v) is 14.6. The van der Waals surface area contributed by atoms with Crippen molar-refractivity contribution in [2.45, 2.75) is 0 Å². The van der Waals surface area contributed by atoms with E-state index in [-0.39, 0.29) is 6.85 Å². The molecule has 0 saturated carbocycles. The fraction of sp³-hybridized carbons (Fsp3) is 0. The first kappa shape index (κ1) is 23.3. The molecule has 5 nitrogen and oxygen atoms in total. The van der Waals surface area contributed by atoms with Gasteiger partial charge in [0, 0.05) is 49.0 Å². The summed E-state index contributed by atoms with van der Waals surface area (Å²) in [4.78, 5) is 3.74. The molecule has 0 amide bonds. The zero-order valence-corrected chi connectivity index (χ0v) is 23.2. The molecule has 44 heavy (non-hydrogen) atoms. The summed E-state index contributed by atoms with van der Waals surface area (Å²) in [6.45, 7) is 7.39. The van der Waals surface area contributed by atoms with E-state index in [4.69, 9.17) is 11.0 Å². The number of fused-ring (bicyclic) bond motifs is 12. The molecule has 0 unspecified atom stereocenters. The van der Waals surface area contributed by atoms with Gasteiger partial charge in [0.15, 0.2) is 11.3 Å². The van der Waals surface area contributed by atoms with Gasteiger partial charge in [0.05, 0.1) is 29.2 Å². The van der Waals surface area contributed by atoms with E-state index in [1.165, 1.54) is 0 Å². The van der Waals surface area contributed by atoms with E-state index in [2.05, 4.69) is 92.8 Å². The lowest BCUT2D eigenvalue weighted by Crippen LogP contribution is -2.54. The Morgan fingerprint density at radius 1 is 0.682 bits per heavy atom. The van der Waals surface area contributed by atoms with E-state index in [0.717, 1.165) is 82.2 Å². The Labute approximate surface area is 251 Å². The molecular formula is C38H19BN4O. The Bertz CT molecular complexity index is 2820. The van der Waals surface area contributed by atoms with Crippen molar-refractivity contribution < 1.29 is 4.42 Å². The van der Waals surface area contributed by atoms with Crippen molar-refractivity contribution in [2.24, 2.45) is 0 Å². The summed E-state index contributed by atoms with van der Waals surface area (Å²) in [6.07, 6.45) is 0. The summed E-state index contributed by atoms with van der Waals surface area (Å²) < 4.78 is 11.3. The number of nitrogens with zero attached hydrogens (tertiary/aromatic N) is 4. The number of nitriles is 1. The number of para-hydroxylation sites is 3. The van der Waals surface area contributed by atoms with E-state index in [1.807, 2.05) is 42.5 Å². The zero-order chi connectivity index (χ0) is 29.1. The largest absolute Gasteiger partial charge is 0.454 e. The van der Waals surface area contributed by atoms with Gasteiger partial charge in [-0.3, -0.25) is 0 Å². The highest BCUT2D eigenvalue weighted by Gasteiger charge is 2.38. The summed E-state index contributed by atoms with van der Waals surface area (Å²) in [7, 11) is 0. The number of rotatable bonds is 1. The van der Waals surface area contributed by atoms with Gasteiger partial charge in [-0.25, -0.2) is 4.85 Å². The molecule has 0 N–H and O–H groups in total. The van der Waals surface area contributed by atoms with Gasteiger partial charge in [-0.15, -0.1) is 0 Å². The molecule has 9 aromatic rings. The van der Waals surface area contributed by atoms with E-state index < -0.39 is 0 Å². The molecule has 4 heterocycles. The van der Waals surface area contributed by atoms with Crippen LogP contribution in [0.4, 0.5) is 5.69 Å². The van der Waals surface area contributed by atoms with Gasteiger partial charge in [0.25, 0.3) is 0 Å². The van der Waals surface area contributed by atoms with Crippen LogP contribution in [-0.4, -0.2) is 15.9 Å². The Morgan fingerprint density at radius 2 is 1.39 bits per heavy atom. The minimum atomic E-state index is -0.303. The van der Waals surface area contributed by atoms with Gasteiger partial charge in [0.2, 0.25) is 0 Å². The minimum Gasteiger partial charge on any atom is -0.454 e. The van der Waals surface area contributed by atoms with Crippen LogP contribution in [0.15, 0.2) is 120 Å². The molecule has 3 aromatic heterocycles. The number of hydrogen-bond acceptors (Lipinski definition) is 2. The number of furan rings is 1. The lowest BCUT2D eigenvalue weighted by molar-refractivity contribution is 0.671. The summed E-state index contributed by atoms with van der Waals surface area (Å²) in [6, 6.07) is 42.0. The lowest BCUT2D eigenvalue weighted by Gasteiger charge is -2.29. The van der Waals surface area contributed by atoms with E-state index in [0.29, 0.717) is 11.3 Å². The molecule has 0 saturated heterocycles. The van der Waals surface area contributed by atoms with Crippen molar-refractivity contribution in [1.29, 1.82) is 5.26 Å². The Kier molecular flexibility index (Phi) is 4.35. The fourth-order valence-electron chi connectivity index (χ4n) is 7.69. The van der Waals surface area contributed by atoms with Crippen LogP contribution in [0.5, 0.6) is 0 Å². The maximum Gasteiger partial charge on any atom is 0.333 e. The average molecular weight is 558 g/mol. The third kappa shape index (κ3) is 2.73. The van der Waals surface area contributed by atoms with Crippen LogP contribution in [0.2, 0.25) is 0 Å². The Balaban J connectivity index is 1.46. The first-order chi connectivity index (χ1) is 21.8. The van der Waals surface area contributed by atoms with Crippen LogP contribution in [0.1, 0.15) is 5.56 Å². The van der Waals surface area contributed by atoms with Gasteiger partial charge < -0.3 is 13.5 Å². The smallest absolute Gasteiger partial charge is 0.333 e. The van der Waals surface area contributed by atoms with Crippen LogP contribution in [0.25, 0.3) is 76.1 Å². The highest BCUT2D eigenvalue weighted by atomic mass is 16.3. The molecule has 1 aliphatic rings. The quantitative estimate of drug-likeness (QED) is 0.151. The third-order valence-electron chi connectivity index (χ3n) is 9.42. The summed E-state index contributed by atoms with van der Waals surface area (Å²) in [5.74, 6) is 0. The predicted octanol–water partition coefficient (Wildman–Crippen LogP) is 8.18. The van der Waals surface area contributed by atoms with Gasteiger partial charge in [0.1, 0.15) is 5.58 Å². The molecule has 1 aliphatic heterocycles. The molecule has 0 spiro atoms. The van der Waals surface area contributed by atoms with Gasteiger partial charge in [-0.2, -0.15) is 5.26 Å². The molecule has 0 aliphatic carbocycles. The van der Waals surface area contributed by atoms with E-state index in [1.54, 1.807) is 0 Å². The molecule has 0 bridgehead atoms. The van der Waals surface area contributed by atoms with Gasteiger partial charge >= 0.3 is 6.85 Å². The van der Waals surface area contributed by atoms with Crippen molar-refractivity contribution >= 4 is 89.0 Å². The van der Waals surface area contributed by atoms with Gasteiger partial charge in [-0.1, -0.05) is 78.9 Å². The SMILES string of the molecule is [C-]#[N+]c1ccc2c3ccc(C#N)c4c3n(c2c1)-c1ccccc1B4n1c2ccccc2c2ccc3c4ccccc4oc3c21. The van der Waals surface area contributed by atoms with Crippen molar-refractivity contribution in [2.75, 3.05) is 0 Å². The normalized spacial score (nSPS) is 12.5. The third-order valence-corrected chi connectivity index (χ3v) is 9.42. The van der Waals surface area contributed by atoms with Crippen LogP contribution in [-0.2, 0) is 0 Å². The second-order valence-electron chi connectivity index (χ2n) is 11.5. The maximum atomic E-state index is 10.6. The van der Waals surface area contributed by atoms with E-state index >= 15 is 0 Å². The second kappa shape index (κ2) is 8.19. The average Bonchev–Trinajstić information content (AvgIpc) is 3.73. The fourth-order valence-corrected chi connectivity index (χ4v) is 7.69. The molecule has 6 aromatic carbocycles. The van der Waals surface area contributed by atoms with Crippen molar-refractivity contribution in [3.63, 3.8) is 0 Å². The molecule has 200 valence electrons. The molecule has 10 rings (SSSR count). The van der Waals surface area contributed by atoms with Crippen molar-refractivity contribution in [3.8, 4) is 11.8 Å². The van der Waals surface area contributed by atoms with E-state index in [9.17, 15) is 5.26 Å². The maximum absolute atomic E-state index is 10.6. The molecule has 0 atom stereocenters. The van der Waals surface area contributed by atoms with Crippen molar-refractivity contribution in [1.82, 2.24) is 9.05 Å². The molecule has 0 radical (unpaired) electrons. The van der Waals surface area contributed by atoms with Crippen LogP contribution in [0, 0.1) is 17.9 Å². The first-order valence-electron chi connectivity index (χ1n) is 14.6. The molecule has 0 fully saturated rings. The lowest BCUT2D eigenvalue weighted by atomic mass is 9.47. The Hall–Kier alpha value is -6.24. The zero-order valence-electron chi connectivity index (χ0n) is 23.2. The van der Waals surface area contributed by atoms with Crippen LogP contribution >= 0.6 is 0 Å².